The maximum absolute atomic E-state index is 15.3. The van der Waals surface area contributed by atoms with E-state index in [-0.39, 0.29) is 19.3 Å². The number of carbonyl (C=O) groups is 1. The molecule has 0 spiro atoms. The predicted molar refractivity (Wildman–Crippen MR) is 96.8 cm³/mol. The molecule has 0 radical (unpaired) electrons. The lowest BCUT2D eigenvalue weighted by Crippen LogP contribution is -2.45. The third-order valence-electron chi connectivity index (χ3n) is 5.26. The standard InChI is InChI=1S/C17H22FN5O5/c1-21-15-11(16(19-21)23-8-9-27-20-28-23)2-3-12(14(15)18)22-6-4-17(26,5-7-22)10-13(24)25/h2-3,20,26H,4-10H2,1H3,(H,24,25). The molecule has 4 rings (SSSR count). The second-order valence-corrected chi connectivity index (χ2v) is 7.15. The van der Waals surface area contributed by atoms with Crippen LogP contribution in [0.2, 0.25) is 0 Å². The van der Waals surface area contributed by atoms with E-state index < -0.39 is 17.4 Å². The number of nitrogens with one attached hydrogen (secondary N) is 1. The number of aliphatic hydroxyl groups is 1. The molecule has 1 aromatic carbocycles. The minimum Gasteiger partial charge on any atom is -0.481 e. The number of aryl methyl sites for hydroxylation is 1. The van der Waals surface area contributed by atoms with Crippen molar-refractivity contribution in [3.8, 4) is 0 Å². The molecule has 3 N–H and O–H groups in total. The lowest BCUT2D eigenvalue weighted by Gasteiger charge is -2.38. The largest absolute Gasteiger partial charge is 0.481 e. The lowest BCUT2D eigenvalue weighted by atomic mass is 9.88. The topological polar surface area (TPSA) is 112 Å². The highest BCUT2D eigenvalue weighted by Gasteiger charge is 2.35. The Hall–Kier alpha value is -2.47. The van der Waals surface area contributed by atoms with E-state index in [0.717, 1.165) is 0 Å². The van der Waals surface area contributed by atoms with Gasteiger partial charge in [0, 0.05) is 25.5 Å². The van der Waals surface area contributed by atoms with Crippen molar-refractivity contribution in [3.05, 3.63) is 17.9 Å². The van der Waals surface area contributed by atoms with E-state index in [4.69, 9.17) is 14.9 Å². The van der Waals surface area contributed by atoms with Crippen molar-refractivity contribution in [2.45, 2.75) is 24.9 Å². The van der Waals surface area contributed by atoms with Crippen molar-refractivity contribution >= 4 is 28.4 Å². The predicted octanol–water partition coefficient (Wildman–Crippen LogP) is 0.706. The number of rotatable bonds is 4. The lowest BCUT2D eigenvalue weighted by molar-refractivity contribution is -0.210. The Labute approximate surface area is 159 Å². The van der Waals surface area contributed by atoms with Gasteiger partial charge in [-0.05, 0) is 25.0 Å². The summed E-state index contributed by atoms with van der Waals surface area (Å²) in [4.78, 5) is 22.9. The van der Waals surface area contributed by atoms with Gasteiger partial charge < -0.3 is 15.1 Å². The Morgan fingerprint density at radius 1 is 1.36 bits per heavy atom. The van der Waals surface area contributed by atoms with Crippen molar-refractivity contribution in [1.29, 1.82) is 0 Å². The van der Waals surface area contributed by atoms with Crippen LogP contribution in [-0.4, -0.2) is 57.8 Å². The van der Waals surface area contributed by atoms with Gasteiger partial charge in [-0.25, -0.2) is 9.45 Å². The molecule has 2 fully saturated rings. The molecule has 2 aromatic rings. The summed E-state index contributed by atoms with van der Waals surface area (Å²) in [6.07, 6.45) is 0.225. The third kappa shape index (κ3) is 3.37. The molecular formula is C17H22FN5O5. The molecule has 2 saturated heterocycles. The molecule has 0 aliphatic carbocycles. The van der Waals surface area contributed by atoms with E-state index in [1.54, 1.807) is 19.2 Å². The zero-order chi connectivity index (χ0) is 19.9. The first-order valence-electron chi connectivity index (χ1n) is 9.04. The van der Waals surface area contributed by atoms with Crippen molar-refractivity contribution in [2.24, 2.45) is 7.05 Å². The smallest absolute Gasteiger partial charge is 0.306 e. The van der Waals surface area contributed by atoms with Crippen molar-refractivity contribution in [3.63, 3.8) is 0 Å². The molecule has 10 nitrogen and oxygen atoms in total. The molecular weight excluding hydrogens is 373 g/mol. The molecule has 0 unspecified atom stereocenters. The number of hydroxylamine groups is 1. The number of piperidine rings is 1. The zero-order valence-electron chi connectivity index (χ0n) is 15.4. The van der Waals surface area contributed by atoms with Gasteiger partial charge in [-0.2, -0.15) is 10.0 Å². The fraction of sp³-hybridized carbons (Fsp3) is 0.529. The van der Waals surface area contributed by atoms with Crippen molar-refractivity contribution in [2.75, 3.05) is 36.2 Å². The maximum atomic E-state index is 15.3. The van der Waals surface area contributed by atoms with Crippen LogP contribution in [0.5, 0.6) is 0 Å². The molecule has 1 aromatic heterocycles. The summed E-state index contributed by atoms with van der Waals surface area (Å²) >= 11 is 0. The Balaban J connectivity index is 1.60. The third-order valence-corrected chi connectivity index (χ3v) is 5.26. The van der Waals surface area contributed by atoms with Crippen molar-refractivity contribution < 1.29 is 29.2 Å². The number of aliphatic carboxylic acids is 1. The number of anilines is 2. The summed E-state index contributed by atoms with van der Waals surface area (Å²) in [5.41, 5.74) is 1.81. The average molecular weight is 395 g/mol. The number of aromatic nitrogens is 2. The Kier molecular flexibility index (Phi) is 4.83. The summed E-state index contributed by atoms with van der Waals surface area (Å²) in [5, 5.41) is 25.8. The minimum absolute atomic E-state index is 0.265. The normalized spacial score (nSPS) is 20.0. The summed E-state index contributed by atoms with van der Waals surface area (Å²) in [6, 6.07) is 3.46. The number of hydrogen-bond donors (Lipinski definition) is 3. The summed E-state index contributed by atoms with van der Waals surface area (Å²) < 4.78 is 16.8. The van der Waals surface area contributed by atoms with Crippen LogP contribution in [0.3, 0.4) is 0 Å². The first-order chi connectivity index (χ1) is 13.4. The monoisotopic (exact) mass is 395 g/mol. The molecule has 0 bridgehead atoms. The van der Waals surface area contributed by atoms with Crippen LogP contribution >= 0.6 is 0 Å². The maximum Gasteiger partial charge on any atom is 0.306 e. The molecule has 2 aliphatic rings. The van der Waals surface area contributed by atoms with Gasteiger partial charge in [0.1, 0.15) is 5.52 Å². The number of halogens is 1. The van der Waals surface area contributed by atoms with Gasteiger partial charge in [0.25, 0.3) is 0 Å². The number of fused-ring (bicyclic) bond motifs is 1. The van der Waals surface area contributed by atoms with Gasteiger partial charge in [0.2, 0.25) is 0 Å². The molecule has 0 saturated carbocycles. The number of hydrogen-bond acceptors (Lipinski definition) is 8. The van der Waals surface area contributed by atoms with E-state index >= 15 is 4.39 Å². The SMILES string of the molecule is Cn1nc(N2CCONO2)c2ccc(N3CCC(O)(CC(=O)O)CC3)c(F)c21. The number of benzene rings is 1. The average Bonchev–Trinajstić information content (AvgIpc) is 3.00. The second-order valence-electron chi connectivity index (χ2n) is 7.15. The highest BCUT2D eigenvalue weighted by molar-refractivity contribution is 5.93. The van der Waals surface area contributed by atoms with Gasteiger partial charge >= 0.3 is 5.97 Å². The van der Waals surface area contributed by atoms with Crippen LogP contribution < -0.4 is 15.6 Å². The molecule has 28 heavy (non-hydrogen) atoms. The fourth-order valence-corrected chi connectivity index (χ4v) is 3.78. The van der Waals surface area contributed by atoms with E-state index in [1.807, 2.05) is 4.90 Å². The zero-order valence-corrected chi connectivity index (χ0v) is 15.4. The number of carboxylic acids is 1. The van der Waals surface area contributed by atoms with Crippen LogP contribution in [0.1, 0.15) is 19.3 Å². The van der Waals surface area contributed by atoms with Crippen molar-refractivity contribution in [1.82, 2.24) is 15.4 Å². The van der Waals surface area contributed by atoms with Crippen LogP contribution in [0.4, 0.5) is 15.9 Å². The highest BCUT2D eigenvalue weighted by atomic mass is 19.1. The quantitative estimate of drug-likeness (QED) is 0.689. The van der Waals surface area contributed by atoms with Gasteiger partial charge in [-0.3, -0.25) is 14.3 Å². The Bertz CT molecular complexity index is 890. The Morgan fingerprint density at radius 2 is 2.11 bits per heavy atom. The molecule has 2 aliphatic heterocycles. The van der Waals surface area contributed by atoms with E-state index in [2.05, 4.69) is 10.7 Å². The van der Waals surface area contributed by atoms with Gasteiger partial charge in [-0.15, -0.1) is 0 Å². The van der Waals surface area contributed by atoms with Crippen LogP contribution in [0, 0.1) is 5.82 Å². The summed E-state index contributed by atoms with van der Waals surface area (Å²) in [6.45, 7) is 1.57. The highest BCUT2D eigenvalue weighted by Crippen LogP contribution is 2.35. The van der Waals surface area contributed by atoms with Gasteiger partial charge in [0.05, 0.1) is 30.9 Å². The van der Waals surface area contributed by atoms with E-state index in [0.29, 0.717) is 48.6 Å². The molecule has 0 amide bonds. The van der Waals surface area contributed by atoms with Crippen LogP contribution in [-0.2, 0) is 21.6 Å². The fourth-order valence-electron chi connectivity index (χ4n) is 3.78. The molecule has 0 atom stereocenters. The van der Waals surface area contributed by atoms with Crippen LogP contribution in [0.25, 0.3) is 10.9 Å². The first kappa shape index (κ1) is 18.9. The van der Waals surface area contributed by atoms with Gasteiger partial charge in [-0.1, -0.05) is 5.64 Å². The first-order valence-corrected chi connectivity index (χ1v) is 9.04. The van der Waals surface area contributed by atoms with Crippen LogP contribution in [0.15, 0.2) is 12.1 Å². The summed E-state index contributed by atoms with van der Waals surface area (Å²) in [7, 11) is 1.66. The number of carboxylic acid groups (broad SMARTS) is 1. The summed E-state index contributed by atoms with van der Waals surface area (Å²) in [5.74, 6) is -0.970. The second kappa shape index (κ2) is 7.17. The number of nitrogens with zero attached hydrogens (tertiary/aromatic N) is 4. The molecule has 152 valence electrons. The van der Waals surface area contributed by atoms with E-state index in [1.165, 1.54) is 9.75 Å². The molecule has 11 heteroatoms. The van der Waals surface area contributed by atoms with E-state index in [9.17, 15) is 9.90 Å². The van der Waals surface area contributed by atoms with Gasteiger partial charge in [0.15, 0.2) is 11.6 Å². The Morgan fingerprint density at radius 3 is 2.75 bits per heavy atom. The minimum atomic E-state index is -1.25. The molecule has 3 heterocycles.